The number of fused-ring (bicyclic) bond motifs is 1. The van der Waals surface area contributed by atoms with E-state index in [9.17, 15) is 22.8 Å². The van der Waals surface area contributed by atoms with Gasteiger partial charge in [-0.05, 0) is 48.7 Å². The number of methoxy groups -OCH3 is 1. The summed E-state index contributed by atoms with van der Waals surface area (Å²) in [6, 6.07) is 6.98. The maximum absolute atomic E-state index is 13.6. The highest BCUT2D eigenvalue weighted by atomic mass is 32.2. The van der Waals surface area contributed by atoms with Crippen molar-refractivity contribution in [3.63, 3.8) is 0 Å². The van der Waals surface area contributed by atoms with E-state index in [2.05, 4.69) is 5.32 Å². The quantitative estimate of drug-likeness (QED) is 0.495. The summed E-state index contributed by atoms with van der Waals surface area (Å²) in [7, 11) is -2.14. The molecule has 0 unspecified atom stereocenters. The number of imide groups is 1. The predicted molar refractivity (Wildman–Crippen MR) is 132 cm³/mol. The standard InChI is InChI=1S/C25H30N2O7S/c1-6-15-11-17-23(18(12-15)26-22(28)7-2)25(30)27(24(17)29)19(14-35(5,31)32)16-9-10-20(33-4)21(13-16)34-8-3/h9-13,19H,6-8,14H2,1-5H3,(H,26,28)/t19-/m1/s1. The number of benzene rings is 2. The zero-order valence-corrected chi connectivity index (χ0v) is 21.3. The Morgan fingerprint density at radius 2 is 1.77 bits per heavy atom. The Kier molecular flexibility index (Phi) is 7.84. The molecule has 10 heteroatoms. The first-order chi connectivity index (χ1) is 16.5. The van der Waals surface area contributed by atoms with Gasteiger partial charge in [0.1, 0.15) is 9.84 Å². The lowest BCUT2D eigenvalue weighted by atomic mass is 10.0. The van der Waals surface area contributed by atoms with Gasteiger partial charge in [-0.2, -0.15) is 0 Å². The van der Waals surface area contributed by atoms with Gasteiger partial charge in [0, 0.05) is 12.7 Å². The van der Waals surface area contributed by atoms with Gasteiger partial charge in [0.25, 0.3) is 11.8 Å². The fraction of sp³-hybridized carbons (Fsp3) is 0.400. The maximum atomic E-state index is 13.6. The van der Waals surface area contributed by atoms with Crippen LogP contribution >= 0.6 is 0 Å². The predicted octanol–water partition coefficient (Wildman–Crippen LogP) is 3.39. The van der Waals surface area contributed by atoms with Gasteiger partial charge in [-0.25, -0.2) is 8.42 Å². The van der Waals surface area contributed by atoms with Gasteiger partial charge in [-0.15, -0.1) is 0 Å². The second-order valence-electron chi connectivity index (χ2n) is 8.25. The number of hydrogen-bond donors (Lipinski definition) is 1. The molecule has 0 radical (unpaired) electrons. The maximum Gasteiger partial charge on any atom is 0.264 e. The molecule has 1 heterocycles. The molecule has 0 aromatic heterocycles. The van der Waals surface area contributed by atoms with Crippen molar-refractivity contribution < 1.29 is 32.3 Å². The SMILES string of the molecule is CCOc1cc([C@@H](CS(C)(=O)=O)N2C(=O)c3cc(CC)cc(NC(=O)CC)c3C2=O)ccc1OC. The Morgan fingerprint density at radius 1 is 1.06 bits per heavy atom. The summed E-state index contributed by atoms with van der Waals surface area (Å²) in [5, 5.41) is 2.71. The van der Waals surface area contributed by atoms with Gasteiger partial charge < -0.3 is 14.8 Å². The lowest BCUT2D eigenvalue weighted by Gasteiger charge is -2.27. The lowest BCUT2D eigenvalue weighted by Crippen LogP contribution is -2.37. The second kappa shape index (κ2) is 10.5. The summed E-state index contributed by atoms with van der Waals surface area (Å²) in [6.07, 6.45) is 1.82. The summed E-state index contributed by atoms with van der Waals surface area (Å²) in [5.74, 6) is -1.26. The highest BCUT2D eigenvalue weighted by molar-refractivity contribution is 7.90. The molecule has 0 spiro atoms. The Bertz CT molecular complexity index is 1270. The molecule has 0 fully saturated rings. The van der Waals surface area contributed by atoms with Gasteiger partial charge in [-0.1, -0.05) is 19.9 Å². The second-order valence-corrected chi connectivity index (χ2v) is 10.4. The van der Waals surface area contributed by atoms with Gasteiger partial charge in [0.2, 0.25) is 5.91 Å². The molecular formula is C25H30N2O7S. The van der Waals surface area contributed by atoms with Crippen LogP contribution in [0, 0.1) is 0 Å². The number of amides is 3. The molecule has 1 aliphatic rings. The molecular weight excluding hydrogens is 472 g/mol. The molecule has 0 saturated carbocycles. The number of carbonyl (C=O) groups excluding carboxylic acids is 3. The van der Waals surface area contributed by atoms with Crippen molar-refractivity contribution in [1.82, 2.24) is 4.90 Å². The number of nitrogens with one attached hydrogen (secondary N) is 1. The van der Waals surface area contributed by atoms with E-state index in [1.165, 1.54) is 7.11 Å². The number of ether oxygens (including phenoxy) is 2. The Balaban J connectivity index is 2.17. The number of nitrogens with zero attached hydrogens (tertiary/aromatic N) is 1. The van der Waals surface area contributed by atoms with E-state index in [0.29, 0.717) is 30.1 Å². The molecule has 188 valence electrons. The molecule has 1 atom stereocenters. The zero-order chi connectivity index (χ0) is 25.9. The highest BCUT2D eigenvalue weighted by Crippen LogP contribution is 2.39. The molecule has 0 saturated heterocycles. The van der Waals surface area contributed by atoms with Crippen LogP contribution in [0.4, 0.5) is 5.69 Å². The molecule has 1 N–H and O–H groups in total. The van der Waals surface area contributed by atoms with E-state index >= 15 is 0 Å². The number of rotatable bonds is 10. The van der Waals surface area contributed by atoms with Crippen LogP contribution in [-0.2, 0) is 21.1 Å². The van der Waals surface area contributed by atoms with Crippen molar-refractivity contribution in [2.45, 2.75) is 39.7 Å². The van der Waals surface area contributed by atoms with Crippen LogP contribution in [0.2, 0.25) is 0 Å². The number of anilines is 1. The van der Waals surface area contributed by atoms with E-state index < -0.39 is 33.4 Å². The van der Waals surface area contributed by atoms with Crippen molar-refractivity contribution in [3.8, 4) is 11.5 Å². The van der Waals surface area contributed by atoms with E-state index in [1.807, 2.05) is 6.92 Å². The van der Waals surface area contributed by atoms with Crippen molar-refractivity contribution in [1.29, 1.82) is 0 Å². The number of carbonyl (C=O) groups is 3. The topological polar surface area (TPSA) is 119 Å². The normalized spacial score (nSPS) is 14.0. The van der Waals surface area contributed by atoms with Crippen LogP contribution < -0.4 is 14.8 Å². The van der Waals surface area contributed by atoms with Gasteiger partial charge in [0.15, 0.2) is 11.5 Å². The third-order valence-electron chi connectivity index (χ3n) is 5.73. The molecule has 2 aromatic carbocycles. The fourth-order valence-corrected chi connectivity index (χ4v) is 4.96. The van der Waals surface area contributed by atoms with Crippen LogP contribution in [0.3, 0.4) is 0 Å². The monoisotopic (exact) mass is 502 g/mol. The average molecular weight is 503 g/mol. The Labute approximate surface area is 205 Å². The first-order valence-electron chi connectivity index (χ1n) is 11.4. The minimum atomic E-state index is -3.62. The largest absolute Gasteiger partial charge is 0.493 e. The first kappa shape index (κ1) is 26.2. The van der Waals surface area contributed by atoms with Gasteiger partial charge in [-0.3, -0.25) is 19.3 Å². The van der Waals surface area contributed by atoms with E-state index in [4.69, 9.17) is 9.47 Å². The Hall–Kier alpha value is -3.40. The van der Waals surface area contributed by atoms with Crippen molar-refractivity contribution in [3.05, 3.63) is 52.6 Å². The summed E-state index contributed by atoms with van der Waals surface area (Å²) < 4.78 is 35.7. The first-order valence-corrected chi connectivity index (χ1v) is 13.4. The number of aryl methyl sites for hydroxylation is 1. The van der Waals surface area contributed by atoms with Crippen molar-refractivity contribution in [2.75, 3.05) is 31.0 Å². The summed E-state index contributed by atoms with van der Waals surface area (Å²) >= 11 is 0. The van der Waals surface area contributed by atoms with Gasteiger partial charge >= 0.3 is 0 Å². The molecule has 3 rings (SSSR count). The van der Waals surface area contributed by atoms with Crippen LogP contribution in [0.25, 0.3) is 0 Å². The summed E-state index contributed by atoms with van der Waals surface area (Å²) in [6.45, 7) is 5.71. The van der Waals surface area contributed by atoms with Crippen LogP contribution in [-0.4, -0.2) is 56.8 Å². The zero-order valence-electron chi connectivity index (χ0n) is 20.5. The molecule has 2 aromatic rings. The molecule has 9 nitrogen and oxygen atoms in total. The molecule has 35 heavy (non-hydrogen) atoms. The fourth-order valence-electron chi connectivity index (χ4n) is 4.04. The minimum Gasteiger partial charge on any atom is -0.493 e. The third-order valence-corrected chi connectivity index (χ3v) is 6.65. The number of hydrogen-bond acceptors (Lipinski definition) is 7. The molecule has 1 aliphatic heterocycles. The molecule has 0 aliphatic carbocycles. The smallest absolute Gasteiger partial charge is 0.264 e. The summed E-state index contributed by atoms with van der Waals surface area (Å²) in [4.78, 5) is 40.3. The summed E-state index contributed by atoms with van der Waals surface area (Å²) in [5.41, 5.74) is 1.61. The van der Waals surface area contributed by atoms with E-state index in [0.717, 1.165) is 16.7 Å². The Morgan fingerprint density at radius 3 is 2.34 bits per heavy atom. The highest BCUT2D eigenvalue weighted by Gasteiger charge is 2.43. The minimum absolute atomic E-state index is 0.0612. The van der Waals surface area contributed by atoms with Crippen molar-refractivity contribution in [2.24, 2.45) is 0 Å². The lowest BCUT2D eigenvalue weighted by molar-refractivity contribution is -0.115. The third kappa shape index (κ3) is 5.48. The number of sulfone groups is 1. The van der Waals surface area contributed by atoms with Crippen LogP contribution in [0.1, 0.15) is 65.1 Å². The molecule has 0 bridgehead atoms. The van der Waals surface area contributed by atoms with Crippen LogP contribution in [0.5, 0.6) is 11.5 Å². The van der Waals surface area contributed by atoms with E-state index in [1.54, 1.807) is 44.2 Å². The van der Waals surface area contributed by atoms with Crippen molar-refractivity contribution >= 4 is 33.2 Å². The van der Waals surface area contributed by atoms with Gasteiger partial charge in [0.05, 0.1) is 42.3 Å². The van der Waals surface area contributed by atoms with Crippen LogP contribution in [0.15, 0.2) is 30.3 Å². The average Bonchev–Trinajstić information content (AvgIpc) is 3.06. The molecule has 3 amide bonds. The van der Waals surface area contributed by atoms with E-state index in [-0.39, 0.29) is 29.1 Å².